The molecular formula is C13H14ClN3O2. The molecule has 1 aromatic heterocycles. The average molecular weight is 280 g/mol. The van der Waals surface area contributed by atoms with Crippen molar-refractivity contribution >= 4 is 28.9 Å². The van der Waals surface area contributed by atoms with Gasteiger partial charge >= 0.3 is 5.97 Å². The quantitative estimate of drug-likeness (QED) is 0.898. The first-order valence-corrected chi connectivity index (χ1v) is 6.20. The molecule has 1 heterocycles. The first-order valence-electron chi connectivity index (χ1n) is 5.82. The molecule has 0 saturated carbocycles. The molecule has 0 saturated heterocycles. The predicted octanol–water partition coefficient (Wildman–Crippen LogP) is 3.56. The van der Waals surface area contributed by atoms with Crippen LogP contribution < -0.4 is 5.32 Å². The predicted molar refractivity (Wildman–Crippen MR) is 74.3 cm³/mol. The van der Waals surface area contributed by atoms with E-state index in [9.17, 15) is 9.90 Å². The molecule has 0 amide bonds. The van der Waals surface area contributed by atoms with Crippen molar-refractivity contribution in [2.24, 2.45) is 0 Å². The summed E-state index contributed by atoms with van der Waals surface area (Å²) in [6.07, 6.45) is 3.46. The fourth-order valence-electron chi connectivity index (χ4n) is 1.69. The van der Waals surface area contributed by atoms with E-state index in [0.29, 0.717) is 5.69 Å². The van der Waals surface area contributed by atoms with Gasteiger partial charge in [-0.1, -0.05) is 17.7 Å². The minimum Gasteiger partial charge on any atom is -0.478 e. The molecule has 2 N–H and O–H groups in total. The lowest BCUT2D eigenvalue weighted by Gasteiger charge is -2.09. The van der Waals surface area contributed by atoms with Gasteiger partial charge in [-0.3, -0.25) is 4.68 Å². The Hall–Kier alpha value is -2.01. The zero-order valence-corrected chi connectivity index (χ0v) is 11.3. The van der Waals surface area contributed by atoms with E-state index in [1.54, 1.807) is 29.1 Å². The van der Waals surface area contributed by atoms with Crippen LogP contribution in [0.25, 0.3) is 0 Å². The molecular weight excluding hydrogens is 266 g/mol. The van der Waals surface area contributed by atoms with E-state index in [0.717, 1.165) is 5.69 Å². The number of carboxylic acid groups (broad SMARTS) is 1. The standard InChI is InChI=1S/C13H14ClN3O2/c1-8(2)17-7-9(6-15-17)16-11-5-3-4-10(14)12(11)13(18)19/h3-8,16H,1-2H3,(H,18,19). The monoisotopic (exact) mass is 279 g/mol. The highest BCUT2D eigenvalue weighted by atomic mass is 35.5. The van der Waals surface area contributed by atoms with Crippen molar-refractivity contribution in [1.82, 2.24) is 9.78 Å². The van der Waals surface area contributed by atoms with Crippen LogP contribution in [0, 0.1) is 0 Å². The number of carboxylic acids is 1. The molecule has 100 valence electrons. The van der Waals surface area contributed by atoms with Gasteiger partial charge in [0.15, 0.2) is 0 Å². The molecule has 0 aliphatic carbocycles. The molecule has 2 aromatic rings. The number of carbonyl (C=O) groups is 1. The van der Waals surface area contributed by atoms with Crippen molar-refractivity contribution in [3.63, 3.8) is 0 Å². The number of aromatic carboxylic acids is 1. The van der Waals surface area contributed by atoms with Gasteiger partial charge in [0.2, 0.25) is 0 Å². The average Bonchev–Trinajstić information content (AvgIpc) is 2.77. The Balaban J connectivity index is 2.32. The van der Waals surface area contributed by atoms with E-state index in [2.05, 4.69) is 10.4 Å². The van der Waals surface area contributed by atoms with Gasteiger partial charge in [-0.05, 0) is 26.0 Å². The summed E-state index contributed by atoms with van der Waals surface area (Å²) in [6, 6.07) is 5.16. The molecule has 0 aliphatic rings. The second kappa shape index (κ2) is 5.32. The zero-order valence-electron chi connectivity index (χ0n) is 10.6. The normalized spacial score (nSPS) is 10.7. The minimum atomic E-state index is -1.07. The van der Waals surface area contributed by atoms with Crippen molar-refractivity contribution in [2.75, 3.05) is 5.32 Å². The first-order chi connectivity index (χ1) is 8.99. The van der Waals surface area contributed by atoms with Crippen LogP contribution in [0.15, 0.2) is 30.6 Å². The van der Waals surface area contributed by atoms with Gasteiger partial charge in [-0.25, -0.2) is 4.79 Å². The summed E-state index contributed by atoms with van der Waals surface area (Å²) in [6.45, 7) is 4.03. The van der Waals surface area contributed by atoms with Gasteiger partial charge in [0.1, 0.15) is 5.56 Å². The maximum Gasteiger partial charge on any atom is 0.339 e. The summed E-state index contributed by atoms with van der Waals surface area (Å²) in [5, 5.41) is 16.6. The molecule has 0 radical (unpaired) electrons. The third-order valence-corrected chi connectivity index (χ3v) is 2.95. The molecule has 0 aliphatic heterocycles. The lowest BCUT2D eigenvalue weighted by atomic mass is 10.1. The van der Waals surface area contributed by atoms with E-state index in [1.165, 1.54) is 0 Å². The Morgan fingerprint density at radius 2 is 2.21 bits per heavy atom. The van der Waals surface area contributed by atoms with Crippen LogP contribution in [-0.2, 0) is 0 Å². The first kappa shape index (κ1) is 13.4. The lowest BCUT2D eigenvalue weighted by molar-refractivity contribution is 0.0698. The molecule has 1 aromatic carbocycles. The lowest BCUT2D eigenvalue weighted by Crippen LogP contribution is -2.03. The fourth-order valence-corrected chi connectivity index (χ4v) is 1.94. The van der Waals surface area contributed by atoms with Crippen molar-refractivity contribution in [3.8, 4) is 0 Å². The van der Waals surface area contributed by atoms with Gasteiger partial charge in [-0.2, -0.15) is 5.10 Å². The number of anilines is 2. The molecule has 0 unspecified atom stereocenters. The van der Waals surface area contributed by atoms with Crippen LogP contribution in [0.4, 0.5) is 11.4 Å². The van der Waals surface area contributed by atoms with E-state index in [4.69, 9.17) is 11.6 Å². The van der Waals surface area contributed by atoms with Crippen LogP contribution in [0.3, 0.4) is 0 Å². The molecule has 0 fully saturated rings. The Bertz CT molecular complexity index is 608. The number of aromatic nitrogens is 2. The number of halogens is 1. The molecule has 5 nitrogen and oxygen atoms in total. The molecule has 0 bridgehead atoms. The highest BCUT2D eigenvalue weighted by Crippen LogP contribution is 2.27. The van der Waals surface area contributed by atoms with Crippen molar-refractivity contribution in [1.29, 1.82) is 0 Å². The SMILES string of the molecule is CC(C)n1cc(Nc2cccc(Cl)c2C(=O)O)cn1. The number of hydrogen-bond acceptors (Lipinski definition) is 3. The van der Waals surface area contributed by atoms with Crippen LogP contribution in [0.1, 0.15) is 30.2 Å². The van der Waals surface area contributed by atoms with Gasteiger partial charge < -0.3 is 10.4 Å². The van der Waals surface area contributed by atoms with Crippen molar-refractivity contribution < 1.29 is 9.90 Å². The summed E-state index contributed by atoms with van der Waals surface area (Å²) in [5.41, 5.74) is 1.23. The molecule has 0 atom stereocenters. The summed E-state index contributed by atoms with van der Waals surface area (Å²) < 4.78 is 1.79. The highest BCUT2D eigenvalue weighted by Gasteiger charge is 2.14. The van der Waals surface area contributed by atoms with Gasteiger partial charge in [0.25, 0.3) is 0 Å². The van der Waals surface area contributed by atoms with Gasteiger partial charge in [-0.15, -0.1) is 0 Å². The van der Waals surface area contributed by atoms with Crippen molar-refractivity contribution in [3.05, 3.63) is 41.2 Å². The second-order valence-corrected chi connectivity index (χ2v) is 4.80. The van der Waals surface area contributed by atoms with Crippen LogP contribution in [-0.4, -0.2) is 20.9 Å². The van der Waals surface area contributed by atoms with Crippen LogP contribution in [0.5, 0.6) is 0 Å². The van der Waals surface area contributed by atoms with E-state index >= 15 is 0 Å². The second-order valence-electron chi connectivity index (χ2n) is 4.40. The smallest absolute Gasteiger partial charge is 0.339 e. The summed E-state index contributed by atoms with van der Waals surface area (Å²) in [4.78, 5) is 11.2. The summed E-state index contributed by atoms with van der Waals surface area (Å²) in [5.74, 6) is -1.07. The molecule has 0 spiro atoms. The molecule has 2 rings (SSSR count). The number of rotatable bonds is 4. The highest BCUT2D eigenvalue weighted by molar-refractivity contribution is 6.34. The molecule has 6 heteroatoms. The Morgan fingerprint density at radius 1 is 1.47 bits per heavy atom. The van der Waals surface area contributed by atoms with E-state index in [-0.39, 0.29) is 16.6 Å². The largest absolute Gasteiger partial charge is 0.478 e. The Labute approximate surface area is 115 Å². The van der Waals surface area contributed by atoms with Crippen LogP contribution >= 0.6 is 11.6 Å². The number of nitrogens with zero attached hydrogens (tertiary/aromatic N) is 2. The number of hydrogen-bond donors (Lipinski definition) is 2. The third kappa shape index (κ3) is 2.88. The Kier molecular flexibility index (Phi) is 3.76. The maximum atomic E-state index is 11.2. The van der Waals surface area contributed by atoms with Gasteiger partial charge in [0, 0.05) is 12.2 Å². The summed E-state index contributed by atoms with van der Waals surface area (Å²) >= 11 is 5.90. The maximum absolute atomic E-state index is 11.2. The number of benzene rings is 1. The topological polar surface area (TPSA) is 67.2 Å². The van der Waals surface area contributed by atoms with E-state index < -0.39 is 5.97 Å². The minimum absolute atomic E-state index is 0.0569. The zero-order chi connectivity index (χ0) is 14.0. The van der Waals surface area contributed by atoms with Crippen molar-refractivity contribution in [2.45, 2.75) is 19.9 Å². The molecule has 19 heavy (non-hydrogen) atoms. The van der Waals surface area contributed by atoms with E-state index in [1.807, 2.05) is 20.0 Å². The van der Waals surface area contributed by atoms with Crippen LogP contribution in [0.2, 0.25) is 5.02 Å². The number of nitrogens with one attached hydrogen (secondary N) is 1. The Morgan fingerprint density at radius 3 is 2.79 bits per heavy atom. The third-order valence-electron chi connectivity index (χ3n) is 2.64. The summed E-state index contributed by atoms with van der Waals surface area (Å²) in [7, 11) is 0. The fraction of sp³-hybridized carbons (Fsp3) is 0.231. The van der Waals surface area contributed by atoms with Gasteiger partial charge in [0.05, 0.1) is 22.6 Å².